The van der Waals surface area contributed by atoms with E-state index in [0.29, 0.717) is 28.6 Å². The Balaban J connectivity index is 1.05. The molecule has 0 atom stereocenters. The highest BCUT2D eigenvalue weighted by molar-refractivity contribution is 6.12. The molecule has 0 unspecified atom stereocenters. The highest BCUT2D eigenvalue weighted by Gasteiger charge is 2.23. The van der Waals surface area contributed by atoms with Gasteiger partial charge in [-0.15, -0.1) is 0 Å². The SMILES string of the molecule is COc1cc(NC(=O)c2cc(=O)c3ccccc3o2)c(C(=O)Nc2ccc(CCN(Cc3cccc(-n4ccnc4)c3)C3CCCCC3)cc2)cc1OC. The van der Waals surface area contributed by atoms with Crippen LogP contribution in [0.2, 0.25) is 0 Å². The summed E-state index contributed by atoms with van der Waals surface area (Å²) >= 11 is 0. The number of amides is 2. The van der Waals surface area contributed by atoms with Crippen molar-refractivity contribution in [1.82, 2.24) is 14.5 Å². The van der Waals surface area contributed by atoms with Gasteiger partial charge >= 0.3 is 0 Å². The Kier molecular flexibility index (Phi) is 11.1. The number of hydrogen-bond donors (Lipinski definition) is 2. The second-order valence-corrected chi connectivity index (χ2v) is 13.5. The fourth-order valence-corrected chi connectivity index (χ4v) is 7.09. The number of nitrogens with one attached hydrogen (secondary N) is 2. The van der Waals surface area contributed by atoms with Gasteiger partial charge in [0, 0.05) is 55.0 Å². The number of methoxy groups -OCH3 is 2. The molecule has 0 saturated heterocycles. The molecule has 2 amide bonds. The molecule has 6 aromatic rings. The highest BCUT2D eigenvalue weighted by atomic mass is 16.5. The zero-order chi connectivity index (χ0) is 37.4. The van der Waals surface area contributed by atoms with Gasteiger partial charge in [-0.3, -0.25) is 19.3 Å². The number of hydrogen-bond acceptors (Lipinski definition) is 8. The Bertz CT molecular complexity index is 2290. The van der Waals surface area contributed by atoms with Gasteiger partial charge in [0.1, 0.15) is 5.58 Å². The maximum atomic E-state index is 13.8. The molecule has 1 fully saturated rings. The minimum Gasteiger partial charge on any atom is -0.493 e. The summed E-state index contributed by atoms with van der Waals surface area (Å²) in [5, 5.41) is 6.04. The third-order valence-electron chi connectivity index (χ3n) is 9.96. The first-order valence-electron chi connectivity index (χ1n) is 18.2. The molecule has 54 heavy (non-hydrogen) atoms. The van der Waals surface area contributed by atoms with Crippen molar-refractivity contribution in [3.8, 4) is 17.2 Å². The minimum absolute atomic E-state index is 0.133. The van der Waals surface area contributed by atoms with Crippen LogP contribution in [0.4, 0.5) is 11.4 Å². The quantitative estimate of drug-likeness (QED) is 0.123. The van der Waals surface area contributed by atoms with Gasteiger partial charge in [0.05, 0.1) is 37.2 Å². The van der Waals surface area contributed by atoms with E-state index in [1.165, 1.54) is 64.0 Å². The van der Waals surface area contributed by atoms with E-state index in [1.807, 2.05) is 41.4 Å². The van der Waals surface area contributed by atoms with Crippen molar-refractivity contribution >= 4 is 34.2 Å². The Morgan fingerprint density at radius 3 is 2.39 bits per heavy atom. The number of carbonyl (C=O) groups excluding carboxylic acids is 2. The molecule has 0 spiro atoms. The highest BCUT2D eigenvalue weighted by Crippen LogP contribution is 2.34. The topological polar surface area (TPSA) is 128 Å². The molecule has 4 aromatic carbocycles. The lowest BCUT2D eigenvalue weighted by Crippen LogP contribution is -2.37. The maximum Gasteiger partial charge on any atom is 0.291 e. The first kappa shape index (κ1) is 36.2. The number of nitrogens with zero attached hydrogens (tertiary/aromatic N) is 3. The summed E-state index contributed by atoms with van der Waals surface area (Å²) in [5.74, 6) is -0.747. The fraction of sp³-hybridized carbons (Fsp3) is 0.256. The predicted octanol–water partition coefficient (Wildman–Crippen LogP) is 7.88. The lowest BCUT2D eigenvalue weighted by Gasteiger charge is -2.34. The maximum absolute atomic E-state index is 13.8. The number of imidazole rings is 1. The number of carbonyl (C=O) groups is 2. The first-order chi connectivity index (χ1) is 26.4. The summed E-state index contributed by atoms with van der Waals surface area (Å²) in [6.45, 7) is 1.79. The van der Waals surface area contributed by atoms with Gasteiger partial charge in [-0.1, -0.05) is 55.7 Å². The predicted molar refractivity (Wildman–Crippen MR) is 209 cm³/mol. The molecule has 1 saturated carbocycles. The third kappa shape index (κ3) is 8.37. The fourth-order valence-electron chi connectivity index (χ4n) is 7.09. The van der Waals surface area contributed by atoms with Crippen LogP contribution in [-0.4, -0.2) is 53.1 Å². The van der Waals surface area contributed by atoms with Crippen LogP contribution < -0.4 is 25.5 Å². The van der Waals surface area contributed by atoms with Crippen molar-refractivity contribution < 1.29 is 23.5 Å². The van der Waals surface area contributed by atoms with Crippen molar-refractivity contribution in [2.45, 2.75) is 51.1 Å². The number of ether oxygens (including phenoxy) is 2. The Labute approximate surface area is 313 Å². The van der Waals surface area contributed by atoms with Crippen LogP contribution in [0.1, 0.15) is 64.1 Å². The normalized spacial score (nSPS) is 13.2. The molecular formula is C43H43N5O6. The Hall–Kier alpha value is -6.20. The molecule has 1 aliphatic carbocycles. The van der Waals surface area contributed by atoms with Gasteiger partial charge in [-0.2, -0.15) is 0 Å². The van der Waals surface area contributed by atoms with Crippen LogP contribution in [-0.2, 0) is 13.0 Å². The van der Waals surface area contributed by atoms with Gasteiger partial charge in [0.2, 0.25) is 0 Å². The minimum atomic E-state index is -0.698. The summed E-state index contributed by atoms with van der Waals surface area (Å²) < 4.78 is 18.7. The average Bonchev–Trinajstić information content (AvgIpc) is 3.76. The molecule has 2 N–H and O–H groups in total. The van der Waals surface area contributed by atoms with Gasteiger partial charge in [0.25, 0.3) is 11.8 Å². The van der Waals surface area contributed by atoms with Crippen LogP contribution in [0.3, 0.4) is 0 Å². The van der Waals surface area contributed by atoms with E-state index in [-0.39, 0.29) is 28.0 Å². The lowest BCUT2D eigenvalue weighted by molar-refractivity contribution is 0.0997. The van der Waals surface area contributed by atoms with Crippen molar-refractivity contribution in [1.29, 1.82) is 0 Å². The summed E-state index contributed by atoms with van der Waals surface area (Å²) in [6.07, 6.45) is 12.7. The number of benzene rings is 4. The van der Waals surface area contributed by atoms with Gasteiger partial charge in [-0.05, 0) is 72.9 Å². The van der Waals surface area contributed by atoms with E-state index in [1.54, 1.807) is 30.5 Å². The Morgan fingerprint density at radius 1 is 0.852 bits per heavy atom. The van der Waals surface area contributed by atoms with Crippen LogP contribution >= 0.6 is 0 Å². The van der Waals surface area contributed by atoms with Gasteiger partial charge in [-0.25, -0.2) is 4.98 Å². The largest absolute Gasteiger partial charge is 0.493 e. The molecule has 2 aromatic heterocycles. The van der Waals surface area contributed by atoms with Crippen LogP contribution in [0.25, 0.3) is 16.7 Å². The van der Waals surface area contributed by atoms with Crippen LogP contribution in [0.5, 0.6) is 11.5 Å². The van der Waals surface area contributed by atoms with E-state index in [0.717, 1.165) is 36.8 Å². The molecule has 7 rings (SSSR count). The van der Waals surface area contributed by atoms with Gasteiger partial charge < -0.3 is 29.1 Å². The smallest absolute Gasteiger partial charge is 0.291 e. The van der Waals surface area contributed by atoms with E-state index in [2.05, 4.69) is 44.8 Å². The molecule has 11 nitrogen and oxygen atoms in total. The summed E-state index contributed by atoms with van der Waals surface area (Å²) in [5.41, 5.74) is 4.35. The van der Waals surface area contributed by atoms with Crippen molar-refractivity contribution in [3.63, 3.8) is 0 Å². The molecule has 0 radical (unpaired) electrons. The van der Waals surface area contributed by atoms with Crippen molar-refractivity contribution in [3.05, 3.63) is 142 Å². The number of fused-ring (bicyclic) bond motifs is 1. The third-order valence-corrected chi connectivity index (χ3v) is 9.96. The second kappa shape index (κ2) is 16.6. The van der Waals surface area contributed by atoms with Crippen molar-refractivity contribution in [2.75, 3.05) is 31.4 Å². The molecular weight excluding hydrogens is 683 g/mol. The first-order valence-corrected chi connectivity index (χ1v) is 18.2. The van der Waals surface area contributed by atoms with E-state index in [9.17, 15) is 14.4 Å². The lowest BCUT2D eigenvalue weighted by atomic mass is 9.93. The molecule has 1 aliphatic rings. The zero-order valence-electron chi connectivity index (χ0n) is 30.4. The molecule has 2 heterocycles. The van der Waals surface area contributed by atoms with E-state index >= 15 is 0 Å². The summed E-state index contributed by atoms with van der Waals surface area (Å²) in [4.78, 5) is 46.6. The summed E-state index contributed by atoms with van der Waals surface area (Å²) in [7, 11) is 2.93. The average molecular weight is 726 g/mol. The number of para-hydroxylation sites is 1. The number of aromatic nitrogens is 2. The van der Waals surface area contributed by atoms with Gasteiger partial charge in [0.15, 0.2) is 22.7 Å². The zero-order valence-corrected chi connectivity index (χ0v) is 30.4. The summed E-state index contributed by atoms with van der Waals surface area (Å²) in [6, 6.07) is 27.9. The van der Waals surface area contributed by atoms with E-state index < -0.39 is 11.8 Å². The molecule has 276 valence electrons. The Morgan fingerprint density at radius 2 is 1.63 bits per heavy atom. The van der Waals surface area contributed by atoms with Crippen molar-refractivity contribution in [2.24, 2.45) is 0 Å². The van der Waals surface area contributed by atoms with Crippen LogP contribution in [0, 0.1) is 0 Å². The molecule has 0 bridgehead atoms. The van der Waals surface area contributed by atoms with Crippen LogP contribution in [0.15, 0.2) is 119 Å². The molecule has 0 aliphatic heterocycles. The van der Waals surface area contributed by atoms with E-state index in [4.69, 9.17) is 13.9 Å². The molecule has 11 heteroatoms. The monoisotopic (exact) mass is 725 g/mol. The number of rotatable bonds is 13. The standard InChI is InChI=1S/C43H43N5O6/c1-52-39-24-35(36(25-40(39)53-2)46-43(51)41-26-37(49)34-13-6-7-14-38(34)54-41)42(50)45-31-17-15-29(16-18-31)19-21-47(32-10-4-3-5-11-32)27-30-9-8-12-33(23-30)48-22-20-44-28-48/h6-9,12-18,20,22-26,28,32H,3-5,10-11,19,21,27H2,1-2H3,(H,45,50)(H,46,51). The second-order valence-electron chi connectivity index (χ2n) is 13.5. The number of anilines is 2.